The highest BCUT2D eigenvalue weighted by Crippen LogP contribution is 2.31. The summed E-state index contributed by atoms with van der Waals surface area (Å²) in [5.74, 6) is 0. The summed E-state index contributed by atoms with van der Waals surface area (Å²) in [7, 11) is 0. The molecule has 20 heavy (non-hydrogen) atoms. The Morgan fingerprint density at radius 3 is 2.55 bits per heavy atom. The van der Waals surface area contributed by atoms with E-state index < -0.39 is 0 Å². The quantitative estimate of drug-likeness (QED) is 0.678. The molecule has 0 amide bonds. The number of hydrogen-bond donors (Lipinski definition) is 1. The third kappa shape index (κ3) is 3.10. The first kappa shape index (κ1) is 14.8. The summed E-state index contributed by atoms with van der Waals surface area (Å²) in [6, 6.07) is 5.87. The van der Waals surface area contributed by atoms with Crippen LogP contribution in [0.2, 0.25) is 0 Å². The molecule has 0 unspecified atom stereocenters. The van der Waals surface area contributed by atoms with Crippen molar-refractivity contribution < 1.29 is 4.92 Å². The van der Waals surface area contributed by atoms with Crippen LogP contribution in [0.3, 0.4) is 0 Å². The predicted molar refractivity (Wildman–Crippen MR) is 81.1 cm³/mol. The molecule has 0 saturated heterocycles. The molecule has 2 N–H and O–H groups in total. The zero-order valence-electron chi connectivity index (χ0n) is 12.2. The van der Waals surface area contributed by atoms with Gasteiger partial charge in [0.15, 0.2) is 0 Å². The van der Waals surface area contributed by atoms with Gasteiger partial charge in [-0.15, -0.1) is 0 Å². The first-order valence-corrected chi connectivity index (χ1v) is 7.30. The minimum absolute atomic E-state index is 0.163. The number of nitro benzene ring substituents is 1. The van der Waals surface area contributed by atoms with Gasteiger partial charge in [-0.05, 0) is 45.1 Å². The predicted octanol–water partition coefficient (Wildman–Crippen LogP) is 3.00. The summed E-state index contributed by atoms with van der Waals surface area (Å²) in [6.07, 6.45) is 4.21. The van der Waals surface area contributed by atoms with Crippen molar-refractivity contribution in [1.82, 2.24) is 0 Å². The van der Waals surface area contributed by atoms with E-state index in [-0.39, 0.29) is 10.6 Å². The fourth-order valence-electron chi connectivity index (χ4n) is 3.06. The second kappa shape index (κ2) is 6.22. The fourth-order valence-corrected chi connectivity index (χ4v) is 3.06. The summed E-state index contributed by atoms with van der Waals surface area (Å²) in [6.45, 7) is 4.98. The Kier molecular flexibility index (Phi) is 4.60. The van der Waals surface area contributed by atoms with Crippen LogP contribution < -0.4 is 10.6 Å². The lowest BCUT2D eigenvalue weighted by atomic mass is 9.90. The van der Waals surface area contributed by atoms with Crippen molar-refractivity contribution in [3.05, 3.63) is 33.9 Å². The van der Waals surface area contributed by atoms with Crippen molar-refractivity contribution in [3.8, 4) is 0 Å². The maximum absolute atomic E-state index is 11.0. The number of aryl methyl sites for hydroxylation is 1. The average molecular weight is 277 g/mol. The van der Waals surface area contributed by atoms with Crippen molar-refractivity contribution >= 4 is 11.4 Å². The number of nitrogens with zero attached hydrogens (tertiary/aromatic N) is 2. The molecule has 5 heteroatoms. The smallest absolute Gasteiger partial charge is 0.271 e. The molecule has 1 aromatic carbocycles. The Balaban J connectivity index is 2.26. The van der Waals surface area contributed by atoms with E-state index in [0.717, 1.165) is 43.5 Å². The summed E-state index contributed by atoms with van der Waals surface area (Å²) >= 11 is 0. The standard InChI is InChI=1S/C15H23N3O2/c1-3-17(13-8-5-12(16)6-9-13)15-10-14(18(19)20)7-4-11(15)2/h4,7,10,12-13H,3,5-6,8-9,16H2,1-2H3. The van der Waals surface area contributed by atoms with Crippen molar-refractivity contribution in [1.29, 1.82) is 0 Å². The molecule has 0 aromatic heterocycles. The second-order valence-corrected chi connectivity index (χ2v) is 5.58. The topological polar surface area (TPSA) is 72.4 Å². The van der Waals surface area contributed by atoms with E-state index in [1.54, 1.807) is 12.1 Å². The summed E-state index contributed by atoms with van der Waals surface area (Å²) in [5, 5.41) is 11.0. The number of nitro groups is 1. The van der Waals surface area contributed by atoms with E-state index in [2.05, 4.69) is 11.8 Å². The molecule has 2 rings (SSSR count). The molecule has 0 aliphatic heterocycles. The summed E-state index contributed by atoms with van der Waals surface area (Å²) < 4.78 is 0. The maximum Gasteiger partial charge on any atom is 0.271 e. The second-order valence-electron chi connectivity index (χ2n) is 5.58. The highest BCUT2D eigenvalue weighted by molar-refractivity contribution is 5.59. The number of rotatable bonds is 4. The summed E-state index contributed by atoms with van der Waals surface area (Å²) in [4.78, 5) is 12.9. The van der Waals surface area contributed by atoms with Gasteiger partial charge in [-0.25, -0.2) is 0 Å². The Morgan fingerprint density at radius 2 is 2.00 bits per heavy atom. The van der Waals surface area contributed by atoms with Crippen LogP contribution >= 0.6 is 0 Å². The molecule has 1 aromatic rings. The SMILES string of the molecule is CCN(c1cc([N+](=O)[O-])ccc1C)C1CCC(N)CC1. The molecule has 1 fully saturated rings. The van der Waals surface area contributed by atoms with E-state index in [1.165, 1.54) is 0 Å². The molecular formula is C15H23N3O2. The largest absolute Gasteiger partial charge is 0.368 e. The van der Waals surface area contributed by atoms with Crippen molar-refractivity contribution in [3.63, 3.8) is 0 Å². The van der Waals surface area contributed by atoms with Crippen LogP contribution in [0.15, 0.2) is 18.2 Å². The lowest BCUT2D eigenvalue weighted by Gasteiger charge is -2.37. The minimum atomic E-state index is -0.326. The molecule has 0 bridgehead atoms. The third-order valence-electron chi connectivity index (χ3n) is 4.24. The van der Waals surface area contributed by atoms with Gasteiger partial charge in [-0.1, -0.05) is 6.07 Å². The molecular weight excluding hydrogens is 254 g/mol. The van der Waals surface area contributed by atoms with Crippen LogP contribution in [0.5, 0.6) is 0 Å². The molecule has 1 aliphatic rings. The van der Waals surface area contributed by atoms with Crippen molar-refractivity contribution in [2.24, 2.45) is 5.73 Å². The van der Waals surface area contributed by atoms with Crippen molar-refractivity contribution in [2.45, 2.75) is 51.6 Å². The molecule has 5 nitrogen and oxygen atoms in total. The number of non-ortho nitro benzene ring substituents is 1. The molecule has 0 spiro atoms. The number of hydrogen-bond acceptors (Lipinski definition) is 4. The van der Waals surface area contributed by atoms with Gasteiger partial charge in [0.2, 0.25) is 0 Å². The van der Waals surface area contributed by atoms with E-state index in [9.17, 15) is 10.1 Å². The Morgan fingerprint density at radius 1 is 1.35 bits per heavy atom. The van der Waals surface area contributed by atoms with Crippen LogP contribution in [-0.4, -0.2) is 23.6 Å². The molecule has 1 aliphatic carbocycles. The Bertz CT molecular complexity index is 482. The van der Waals surface area contributed by atoms with Crippen LogP contribution in [0.4, 0.5) is 11.4 Å². The molecule has 0 atom stereocenters. The van der Waals surface area contributed by atoms with Gasteiger partial charge in [-0.3, -0.25) is 10.1 Å². The number of anilines is 1. The van der Waals surface area contributed by atoms with Gasteiger partial charge in [0.05, 0.1) is 4.92 Å². The zero-order valence-corrected chi connectivity index (χ0v) is 12.2. The Labute approximate surface area is 119 Å². The van der Waals surface area contributed by atoms with Crippen LogP contribution in [0.25, 0.3) is 0 Å². The van der Waals surface area contributed by atoms with E-state index in [4.69, 9.17) is 5.73 Å². The molecule has 0 heterocycles. The van der Waals surface area contributed by atoms with Gasteiger partial charge in [0.1, 0.15) is 0 Å². The highest BCUT2D eigenvalue weighted by Gasteiger charge is 2.25. The Hall–Kier alpha value is -1.62. The average Bonchev–Trinajstić information content (AvgIpc) is 2.43. The van der Waals surface area contributed by atoms with Crippen LogP contribution in [-0.2, 0) is 0 Å². The fraction of sp³-hybridized carbons (Fsp3) is 0.600. The van der Waals surface area contributed by atoms with Crippen molar-refractivity contribution in [2.75, 3.05) is 11.4 Å². The van der Waals surface area contributed by atoms with Crippen LogP contribution in [0, 0.1) is 17.0 Å². The lowest BCUT2D eigenvalue weighted by molar-refractivity contribution is -0.384. The zero-order chi connectivity index (χ0) is 14.7. The van der Waals surface area contributed by atoms with E-state index in [1.807, 2.05) is 13.0 Å². The lowest BCUT2D eigenvalue weighted by Crippen LogP contribution is -2.41. The third-order valence-corrected chi connectivity index (χ3v) is 4.24. The van der Waals surface area contributed by atoms with E-state index >= 15 is 0 Å². The van der Waals surface area contributed by atoms with Gasteiger partial charge in [-0.2, -0.15) is 0 Å². The highest BCUT2D eigenvalue weighted by atomic mass is 16.6. The molecule has 110 valence electrons. The number of nitrogens with two attached hydrogens (primary N) is 1. The maximum atomic E-state index is 11.0. The molecule has 0 radical (unpaired) electrons. The first-order valence-electron chi connectivity index (χ1n) is 7.30. The first-order chi connectivity index (χ1) is 9.52. The van der Waals surface area contributed by atoms with E-state index in [0.29, 0.717) is 12.1 Å². The van der Waals surface area contributed by atoms with Gasteiger partial charge in [0, 0.05) is 36.4 Å². The number of benzene rings is 1. The molecule has 1 saturated carbocycles. The van der Waals surface area contributed by atoms with Gasteiger partial charge in [0.25, 0.3) is 5.69 Å². The monoisotopic (exact) mass is 277 g/mol. The van der Waals surface area contributed by atoms with Gasteiger partial charge < -0.3 is 10.6 Å². The minimum Gasteiger partial charge on any atom is -0.368 e. The normalized spacial score (nSPS) is 22.6. The van der Waals surface area contributed by atoms with Gasteiger partial charge >= 0.3 is 0 Å². The van der Waals surface area contributed by atoms with Crippen LogP contribution in [0.1, 0.15) is 38.2 Å². The summed E-state index contributed by atoms with van der Waals surface area (Å²) in [5.41, 5.74) is 8.20.